The number of terminal acetylenes is 1. The topological polar surface area (TPSA) is 85.1 Å². The fourth-order valence-electron chi connectivity index (χ4n) is 1.25. The van der Waals surface area contributed by atoms with Gasteiger partial charge in [0.15, 0.2) is 0 Å². The SMILES string of the molecule is C#CCSCCNC(=O)c1ccnc(Cl)c1[N+](=O)[O-]. The van der Waals surface area contributed by atoms with Gasteiger partial charge in [-0.25, -0.2) is 4.98 Å². The molecule has 1 heterocycles. The Bertz CT molecular complexity index is 530. The van der Waals surface area contributed by atoms with Crippen molar-refractivity contribution in [3.63, 3.8) is 0 Å². The molecule has 0 bridgehead atoms. The van der Waals surface area contributed by atoms with E-state index in [-0.39, 0.29) is 10.7 Å². The molecule has 1 N–H and O–H groups in total. The van der Waals surface area contributed by atoms with Crippen LogP contribution in [0.1, 0.15) is 10.4 Å². The van der Waals surface area contributed by atoms with Crippen molar-refractivity contribution in [1.82, 2.24) is 10.3 Å². The summed E-state index contributed by atoms with van der Waals surface area (Å²) >= 11 is 7.09. The smallest absolute Gasteiger partial charge is 0.319 e. The maximum Gasteiger partial charge on any atom is 0.319 e. The Labute approximate surface area is 119 Å². The van der Waals surface area contributed by atoms with Gasteiger partial charge in [0.25, 0.3) is 5.91 Å². The first-order valence-electron chi connectivity index (χ1n) is 5.16. The molecule has 0 aliphatic rings. The van der Waals surface area contributed by atoms with Crippen LogP contribution in [0.2, 0.25) is 5.15 Å². The molecule has 0 aliphatic heterocycles. The average Bonchev–Trinajstić information content (AvgIpc) is 2.37. The standard InChI is InChI=1S/C11H10ClN3O3S/c1-2-6-19-7-5-14-11(16)8-3-4-13-10(12)9(8)15(17)18/h1,3-4H,5-7H2,(H,14,16). The lowest BCUT2D eigenvalue weighted by atomic mass is 10.2. The largest absolute Gasteiger partial charge is 0.351 e. The molecule has 0 radical (unpaired) electrons. The van der Waals surface area contributed by atoms with E-state index in [4.69, 9.17) is 18.0 Å². The Kier molecular flexibility index (Phi) is 6.12. The number of carbonyl (C=O) groups is 1. The number of hydrogen-bond acceptors (Lipinski definition) is 5. The lowest BCUT2D eigenvalue weighted by Crippen LogP contribution is -2.26. The Morgan fingerprint density at radius 2 is 2.42 bits per heavy atom. The second-order valence-corrected chi connectivity index (χ2v) is 4.73. The van der Waals surface area contributed by atoms with E-state index in [0.717, 1.165) is 0 Å². The molecule has 0 atom stereocenters. The molecular formula is C11H10ClN3O3S. The lowest BCUT2D eigenvalue weighted by Gasteiger charge is -2.05. The van der Waals surface area contributed by atoms with Crippen LogP contribution in [0.5, 0.6) is 0 Å². The highest BCUT2D eigenvalue weighted by molar-refractivity contribution is 7.99. The van der Waals surface area contributed by atoms with Gasteiger partial charge >= 0.3 is 5.69 Å². The number of thioether (sulfide) groups is 1. The van der Waals surface area contributed by atoms with Crippen molar-refractivity contribution in [2.45, 2.75) is 0 Å². The normalized spacial score (nSPS) is 9.68. The monoisotopic (exact) mass is 299 g/mol. The Balaban J connectivity index is 2.70. The first-order valence-corrected chi connectivity index (χ1v) is 6.69. The maximum atomic E-state index is 11.8. The second-order valence-electron chi connectivity index (χ2n) is 3.27. The van der Waals surface area contributed by atoms with Crippen LogP contribution >= 0.6 is 23.4 Å². The van der Waals surface area contributed by atoms with Crippen molar-refractivity contribution < 1.29 is 9.72 Å². The van der Waals surface area contributed by atoms with Gasteiger partial charge in [-0.3, -0.25) is 14.9 Å². The number of amides is 1. The zero-order chi connectivity index (χ0) is 14.3. The zero-order valence-corrected chi connectivity index (χ0v) is 11.3. The van der Waals surface area contributed by atoms with Crippen molar-refractivity contribution in [3.05, 3.63) is 33.1 Å². The molecule has 1 amide bonds. The quantitative estimate of drug-likeness (QED) is 0.284. The average molecular weight is 300 g/mol. The fraction of sp³-hybridized carbons (Fsp3) is 0.273. The summed E-state index contributed by atoms with van der Waals surface area (Å²) in [6, 6.07) is 1.26. The van der Waals surface area contributed by atoms with Crippen LogP contribution in [0.25, 0.3) is 0 Å². The van der Waals surface area contributed by atoms with Crippen molar-refractivity contribution in [2.75, 3.05) is 18.1 Å². The summed E-state index contributed by atoms with van der Waals surface area (Å²) in [5.41, 5.74) is -0.593. The first-order chi connectivity index (χ1) is 9.07. The number of aromatic nitrogens is 1. The molecule has 8 heteroatoms. The van der Waals surface area contributed by atoms with Crippen LogP contribution in [0.4, 0.5) is 5.69 Å². The maximum absolute atomic E-state index is 11.8. The van der Waals surface area contributed by atoms with E-state index in [9.17, 15) is 14.9 Å². The van der Waals surface area contributed by atoms with E-state index in [1.165, 1.54) is 24.0 Å². The zero-order valence-electron chi connectivity index (χ0n) is 9.76. The van der Waals surface area contributed by atoms with Crippen LogP contribution < -0.4 is 5.32 Å². The molecular weight excluding hydrogens is 290 g/mol. The second kappa shape index (κ2) is 7.61. The van der Waals surface area contributed by atoms with Gasteiger partial charge in [0.2, 0.25) is 5.15 Å². The number of rotatable bonds is 6. The van der Waals surface area contributed by atoms with Crippen LogP contribution in [-0.2, 0) is 0 Å². The van der Waals surface area contributed by atoms with Gasteiger partial charge in [-0.15, -0.1) is 18.2 Å². The highest BCUT2D eigenvalue weighted by Gasteiger charge is 2.24. The molecule has 1 aromatic rings. The number of nitrogens with zero attached hydrogens (tertiary/aromatic N) is 2. The number of halogens is 1. The summed E-state index contributed by atoms with van der Waals surface area (Å²) < 4.78 is 0. The van der Waals surface area contributed by atoms with Crippen LogP contribution in [0, 0.1) is 22.5 Å². The lowest BCUT2D eigenvalue weighted by molar-refractivity contribution is -0.385. The van der Waals surface area contributed by atoms with Crippen LogP contribution in [0.3, 0.4) is 0 Å². The van der Waals surface area contributed by atoms with Gasteiger partial charge in [-0.1, -0.05) is 17.5 Å². The van der Waals surface area contributed by atoms with Crippen molar-refractivity contribution in [1.29, 1.82) is 0 Å². The predicted molar refractivity (Wildman–Crippen MR) is 74.4 cm³/mol. The summed E-state index contributed by atoms with van der Waals surface area (Å²) in [7, 11) is 0. The molecule has 0 spiro atoms. The van der Waals surface area contributed by atoms with Crippen LogP contribution in [0.15, 0.2) is 12.3 Å². The molecule has 0 fully saturated rings. The van der Waals surface area contributed by atoms with Crippen LogP contribution in [-0.4, -0.2) is 33.9 Å². The molecule has 1 rings (SSSR count). The van der Waals surface area contributed by atoms with Gasteiger partial charge in [-0.05, 0) is 6.07 Å². The van der Waals surface area contributed by atoms with E-state index in [2.05, 4.69) is 16.2 Å². The van der Waals surface area contributed by atoms with Crippen molar-refractivity contribution in [3.8, 4) is 12.3 Å². The molecule has 0 unspecified atom stereocenters. The van der Waals surface area contributed by atoms with Gasteiger partial charge in [0, 0.05) is 18.5 Å². The number of hydrogen-bond donors (Lipinski definition) is 1. The Morgan fingerprint density at radius 1 is 1.68 bits per heavy atom. The summed E-state index contributed by atoms with van der Waals surface area (Å²) in [5.74, 6) is 3.08. The minimum absolute atomic E-state index is 0.105. The van der Waals surface area contributed by atoms with E-state index in [1.54, 1.807) is 0 Å². The van der Waals surface area contributed by atoms with Gasteiger partial charge in [0.05, 0.1) is 10.7 Å². The number of pyridine rings is 1. The molecule has 0 saturated carbocycles. The molecule has 19 heavy (non-hydrogen) atoms. The predicted octanol–water partition coefficient (Wildman–Crippen LogP) is 1.74. The van der Waals surface area contributed by atoms with E-state index >= 15 is 0 Å². The van der Waals surface area contributed by atoms with Gasteiger partial charge in [-0.2, -0.15) is 0 Å². The summed E-state index contributed by atoms with van der Waals surface area (Å²) in [6.45, 7) is 0.363. The summed E-state index contributed by atoms with van der Waals surface area (Å²) in [6.07, 6.45) is 6.32. The minimum atomic E-state index is -0.725. The third-order valence-electron chi connectivity index (χ3n) is 2.02. The number of carbonyl (C=O) groups excluding carboxylic acids is 1. The molecule has 6 nitrogen and oxygen atoms in total. The molecule has 0 aliphatic carbocycles. The van der Waals surface area contributed by atoms with Gasteiger partial charge < -0.3 is 5.32 Å². The fourth-order valence-corrected chi connectivity index (χ4v) is 1.98. The highest BCUT2D eigenvalue weighted by atomic mass is 35.5. The summed E-state index contributed by atoms with van der Waals surface area (Å²) in [4.78, 5) is 25.5. The van der Waals surface area contributed by atoms with E-state index in [0.29, 0.717) is 18.1 Å². The third-order valence-corrected chi connectivity index (χ3v) is 3.16. The molecule has 0 aromatic carbocycles. The summed E-state index contributed by atoms with van der Waals surface area (Å²) in [5, 5.41) is 13.1. The van der Waals surface area contributed by atoms with E-state index < -0.39 is 16.5 Å². The first kappa shape index (κ1) is 15.3. The van der Waals surface area contributed by atoms with Gasteiger partial charge in [0.1, 0.15) is 5.56 Å². The van der Waals surface area contributed by atoms with Crippen molar-refractivity contribution >= 4 is 35.0 Å². The highest BCUT2D eigenvalue weighted by Crippen LogP contribution is 2.25. The number of nitrogens with one attached hydrogen (secondary N) is 1. The van der Waals surface area contributed by atoms with Crippen molar-refractivity contribution in [2.24, 2.45) is 0 Å². The molecule has 0 saturated heterocycles. The third kappa shape index (κ3) is 4.43. The Hall–Kier alpha value is -1.78. The molecule has 100 valence electrons. The van der Waals surface area contributed by atoms with E-state index in [1.807, 2.05) is 0 Å². The molecule has 1 aromatic heterocycles. The number of nitro groups is 1. The Morgan fingerprint density at radius 3 is 3.05 bits per heavy atom. The minimum Gasteiger partial charge on any atom is -0.351 e.